The Kier molecular flexibility index (Phi) is 4.11. The third-order valence-electron chi connectivity index (χ3n) is 2.63. The number of para-hydroxylation sites is 1. The first kappa shape index (κ1) is 14.6. The van der Waals surface area contributed by atoms with Crippen molar-refractivity contribution in [3.63, 3.8) is 0 Å². The molecule has 0 unspecified atom stereocenters. The van der Waals surface area contributed by atoms with Crippen LogP contribution in [0.3, 0.4) is 0 Å². The lowest BCUT2D eigenvalue weighted by Crippen LogP contribution is -2.12. The molecular formula is C14H12ClNO3S. The summed E-state index contributed by atoms with van der Waals surface area (Å²) in [4.78, 5) is 12.0. The highest BCUT2D eigenvalue weighted by atomic mass is 35.7. The zero-order valence-electron chi connectivity index (χ0n) is 10.6. The van der Waals surface area contributed by atoms with Crippen LogP contribution >= 0.6 is 10.7 Å². The molecule has 2 aromatic carbocycles. The number of rotatable bonds is 3. The monoisotopic (exact) mass is 309 g/mol. The Hall–Kier alpha value is -1.85. The average molecular weight is 310 g/mol. The Morgan fingerprint density at radius 1 is 1.10 bits per heavy atom. The summed E-state index contributed by atoms with van der Waals surface area (Å²) >= 11 is 0. The van der Waals surface area contributed by atoms with E-state index >= 15 is 0 Å². The Balaban J connectivity index is 2.33. The van der Waals surface area contributed by atoms with Gasteiger partial charge in [0.25, 0.3) is 15.0 Å². The number of hydrogen-bond donors (Lipinski definition) is 1. The summed E-state index contributed by atoms with van der Waals surface area (Å²) in [5.74, 6) is -0.388. The topological polar surface area (TPSA) is 63.2 Å². The fourth-order valence-corrected chi connectivity index (χ4v) is 2.61. The van der Waals surface area contributed by atoms with Crippen LogP contribution in [-0.4, -0.2) is 14.3 Å². The zero-order valence-corrected chi connectivity index (χ0v) is 12.2. The quantitative estimate of drug-likeness (QED) is 0.886. The fraction of sp³-hybridized carbons (Fsp3) is 0.0714. The maximum absolute atomic E-state index is 12.1. The van der Waals surface area contributed by atoms with Crippen molar-refractivity contribution in [3.8, 4) is 0 Å². The Bertz CT molecular complexity index is 742. The van der Waals surface area contributed by atoms with E-state index in [2.05, 4.69) is 5.32 Å². The zero-order chi connectivity index (χ0) is 14.8. The maximum Gasteiger partial charge on any atom is 0.261 e. The molecule has 1 N–H and O–H groups in total. The van der Waals surface area contributed by atoms with Crippen LogP contribution in [0.5, 0.6) is 0 Å². The molecule has 0 spiro atoms. The van der Waals surface area contributed by atoms with Crippen LogP contribution < -0.4 is 5.32 Å². The standard InChI is InChI=1S/C14H12ClNO3S/c1-10-7-11(9-13(8-10)20(15,18)19)14(17)16-12-5-3-2-4-6-12/h2-9H,1H3,(H,16,17). The van der Waals surface area contributed by atoms with Gasteiger partial charge < -0.3 is 5.32 Å². The van der Waals surface area contributed by atoms with E-state index < -0.39 is 9.05 Å². The van der Waals surface area contributed by atoms with Crippen molar-refractivity contribution in [1.82, 2.24) is 0 Å². The molecule has 0 fully saturated rings. The van der Waals surface area contributed by atoms with Gasteiger partial charge in [0.15, 0.2) is 0 Å². The minimum atomic E-state index is -3.86. The molecule has 2 rings (SSSR count). The molecule has 0 aliphatic rings. The minimum absolute atomic E-state index is 0.0858. The summed E-state index contributed by atoms with van der Waals surface area (Å²) in [6, 6.07) is 13.2. The summed E-state index contributed by atoms with van der Waals surface area (Å²) in [5, 5.41) is 2.69. The van der Waals surface area contributed by atoms with E-state index in [1.54, 1.807) is 37.3 Å². The third-order valence-corrected chi connectivity index (χ3v) is 3.96. The van der Waals surface area contributed by atoms with Gasteiger partial charge in [-0.05, 0) is 42.8 Å². The van der Waals surface area contributed by atoms with E-state index in [-0.39, 0.29) is 16.4 Å². The van der Waals surface area contributed by atoms with Crippen molar-refractivity contribution in [2.75, 3.05) is 5.32 Å². The van der Waals surface area contributed by atoms with Crippen LogP contribution in [0.2, 0.25) is 0 Å². The highest BCUT2D eigenvalue weighted by Crippen LogP contribution is 2.19. The van der Waals surface area contributed by atoms with Crippen molar-refractivity contribution in [1.29, 1.82) is 0 Å². The van der Waals surface area contributed by atoms with Crippen LogP contribution in [0.25, 0.3) is 0 Å². The normalized spacial score (nSPS) is 11.1. The van der Waals surface area contributed by atoms with Gasteiger partial charge in [-0.25, -0.2) is 8.42 Å². The smallest absolute Gasteiger partial charge is 0.261 e. The van der Waals surface area contributed by atoms with Crippen molar-refractivity contribution < 1.29 is 13.2 Å². The van der Waals surface area contributed by atoms with Gasteiger partial charge in [0.1, 0.15) is 0 Å². The molecule has 20 heavy (non-hydrogen) atoms. The van der Waals surface area contributed by atoms with Crippen LogP contribution in [0.15, 0.2) is 53.4 Å². The molecule has 4 nitrogen and oxygen atoms in total. The Morgan fingerprint density at radius 3 is 2.35 bits per heavy atom. The van der Waals surface area contributed by atoms with E-state index in [4.69, 9.17) is 10.7 Å². The molecule has 0 atom stereocenters. The molecular weight excluding hydrogens is 298 g/mol. The summed E-state index contributed by atoms with van der Waals surface area (Å²) < 4.78 is 22.7. The predicted octanol–water partition coefficient (Wildman–Crippen LogP) is 3.17. The van der Waals surface area contributed by atoms with Crippen molar-refractivity contribution in [2.24, 2.45) is 0 Å². The van der Waals surface area contributed by atoms with Crippen LogP contribution in [-0.2, 0) is 9.05 Å². The molecule has 0 heterocycles. The lowest BCUT2D eigenvalue weighted by Gasteiger charge is -2.07. The Morgan fingerprint density at radius 2 is 1.75 bits per heavy atom. The molecule has 0 saturated heterocycles. The second-order valence-corrected chi connectivity index (χ2v) is 6.86. The van der Waals surface area contributed by atoms with Gasteiger partial charge in [-0.3, -0.25) is 4.79 Å². The summed E-state index contributed by atoms with van der Waals surface area (Å²) in [6.45, 7) is 1.70. The first-order valence-corrected chi connectivity index (χ1v) is 8.10. The van der Waals surface area contributed by atoms with E-state index in [1.165, 1.54) is 12.1 Å². The number of aryl methyl sites for hydroxylation is 1. The fourth-order valence-electron chi connectivity index (χ4n) is 1.74. The second-order valence-electron chi connectivity index (χ2n) is 4.29. The van der Waals surface area contributed by atoms with E-state index in [0.29, 0.717) is 11.3 Å². The number of amides is 1. The largest absolute Gasteiger partial charge is 0.322 e. The molecule has 6 heteroatoms. The van der Waals surface area contributed by atoms with Gasteiger partial charge in [-0.15, -0.1) is 0 Å². The summed E-state index contributed by atoms with van der Waals surface area (Å²) in [5.41, 5.74) is 1.52. The Labute approximate surface area is 121 Å². The molecule has 0 radical (unpaired) electrons. The molecule has 0 aromatic heterocycles. The number of halogens is 1. The molecule has 1 amide bonds. The number of hydrogen-bond acceptors (Lipinski definition) is 3. The van der Waals surface area contributed by atoms with E-state index in [1.807, 2.05) is 6.07 Å². The average Bonchev–Trinajstić information content (AvgIpc) is 2.38. The van der Waals surface area contributed by atoms with Crippen LogP contribution in [0.4, 0.5) is 5.69 Å². The third kappa shape index (κ3) is 3.59. The van der Waals surface area contributed by atoms with Gasteiger partial charge in [0.2, 0.25) is 0 Å². The minimum Gasteiger partial charge on any atom is -0.322 e. The number of carbonyl (C=O) groups excluding carboxylic acids is 1. The number of carbonyl (C=O) groups is 1. The van der Waals surface area contributed by atoms with Gasteiger partial charge in [0, 0.05) is 21.9 Å². The number of benzene rings is 2. The SMILES string of the molecule is Cc1cc(C(=O)Nc2ccccc2)cc(S(=O)(=O)Cl)c1. The summed E-state index contributed by atoms with van der Waals surface area (Å²) in [7, 11) is 1.45. The summed E-state index contributed by atoms with van der Waals surface area (Å²) in [6.07, 6.45) is 0. The van der Waals surface area contributed by atoms with Crippen LogP contribution in [0, 0.1) is 6.92 Å². The molecule has 0 aliphatic carbocycles. The maximum atomic E-state index is 12.1. The van der Waals surface area contributed by atoms with E-state index in [9.17, 15) is 13.2 Å². The van der Waals surface area contributed by atoms with Crippen molar-refractivity contribution in [2.45, 2.75) is 11.8 Å². The molecule has 0 bridgehead atoms. The highest BCUT2D eigenvalue weighted by molar-refractivity contribution is 8.13. The first-order chi connectivity index (χ1) is 9.36. The van der Waals surface area contributed by atoms with Gasteiger partial charge in [-0.1, -0.05) is 18.2 Å². The van der Waals surface area contributed by atoms with Gasteiger partial charge in [-0.2, -0.15) is 0 Å². The van der Waals surface area contributed by atoms with Crippen molar-refractivity contribution in [3.05, 3.63) is 59.7 Å². The van der Waals surface area contributed by atoms with E-state index in [0.717, 1.165) is 0 Å². The van der Waals surface area contributed by atoms with Gasteiger partial charge >= 0.3 is 0 Å². The lowest BCUT2D eigenvalue weighted by atomic mass is 10.1. The van der Waals surface area contributed by atoms with Crippen LogP contribution in [0.1, 0.15) is 15.9 Å². The second kappa shape index (κ2) is 5.64. The molecule has 104 valence electrons. The molecule has 2 aromatic rings. The lowest BCUT2D eigenvalue weighted by molar-refractivity contribution is 0.102. The molecule has 0 aliphatic heterocycles. The molecule has 0 saturated carbocycles. The highest BCUT2D eigenvalue weighted by Gasteiger charge is 2.15. The number of anilines is 1. The van der Waals surface area contributed by atoms with Crippen molar-refractivity contribution >= 4 is 31.3 Å². The predicted molar refractivity (Wildman–Crippen MR) is 78.6 cm³/mol. The number of nitrogens with one attached hydrogen (secondary N) is 1. The van der Waals surface area contributed by atoms with Gasteiger partial charge in [0.05, 0.1) is 4.90 Å². The first-order valence-electron chi connectivity index (χ1n) is 5.79.